The van der Waals surface area contributed by atoms with Crippen LogP contribution < -0.4 is 15.9 Å². The Hall–Kier alpha value is -2.90. The normalized spacial score (nSPS) is 15.3. The molecule has 4 rings (SSSR count). The summed E-state index contributed by atoms with van der Waals surface area (Å²) in [4.78, 5) is 35.4. The predicted molar refractivity (Wildman–Crippen MR) is 104 cm³/mol. The van der Waals surface area contributed by atoms with Gasteiger partial charge in [-0.15, -0.1) is 0 Å². The van der Waals surface area contributed by atoms with E-state index in [4.69, 9.17) is 4.74 Å². The van der Waals surface area contributed by atoms with Gasteiger partial charge in [0.15, 0.2) is 18.1 Å². The summed E-state index contributed by atoms with van der Waals surface area (Å²) in [5.41, 5.74) is 2.91. The number of nitrogens with one attached hydrogen (secondary N) is 1. The number of ether oxygens (including phenoxy) is 1. The Morgan fingerprint density at radius 1 is 1.33 bits per heavy atom. The molecule has 0 aromatic carbocycles. The summed E-state index contributed by atoms with van der Waals surface area (Å²) in [6.07, 6.45) is 5.35. The molecule has 1 fully saturated rings. The quantitative estimate of drug-likeness (QED) is 0.565. The summed E-state index contributed by atoms with van der Waals surface area (Å²) < 4.78 is 7.10. The zero-order chi connectivity index (χ0) is 19.0. The van der Waals surface area contributed by atoms with Gasteiger partial charge >= 0.3 is 5.69 Å². The van der Waals surface area contributed by atoms with Crippen molar-refractivity contribution in [2.45, 2.75) is 38.4 Å². The summed E-state index contributed by atoms with van der Waals surface area (Å²) >= 11 is 0. The highest BCUT2D eigenvalue weighted by Crippen LogP contribution is 2.30. The largest absolute Gasteiger partial charge is 0.481 e. The number of Topliss-reactive ketones (excluding diaryl/α,β-unsaturated/α-hetero) is 1. The van der Waals surface area contributed by atoms with Crippen molar-refractivity contribution in [2.75, 3.05) is 7.11 Å². The molecule has 0 unspecified atom stereocenters. The predicted octanol–water partition coefficient (Wildman–Crippen LogP) is 2.07. The van der Waals surface area contributed by atoms with E-state index < -0.39 is 0 Å². The number of rotatable bonds is 4. The van der Waals surface area contributed by atoms with Gasteiger partial charge in [0.05, 0.1) is 12.6 Å². The molecule has 7 nitrogen and oxygen atoms in total. The fourth-order valence-electron chi connectivity index (χ4n) is 4.03. The number of hydrogen-bond donors (Lipinski definition) is 1. The zero-order valence-corrected chi connectivity index (χ0v) is 15.4. The number of fused-ring (bicyclic) bond motifs is 1. The smallest absolute Gasteiger partial charge is 0.327 e. The molecule has 1 N–H and O–H groups in total. The average Bonchev–Trinajstić information content (AvgIpc) is 3.03. The van der Waals surface area contributed by atoms with E-state index in [2.05, 4.69) is 15.0 Å². The SMILES string of the molecule is COc1cc(B2CCC(n3c(=O)[nH]c4ncccc43)CC2)cc(C(C)=O)n1. The van der Waals surface area contributed by atoms with Crippen LogP contribution in [-0.4, -0.2) is 39.1 Å². The molecular weight excluding hydrogens is 343 g/mol. The standard InChI is InChI=1S/C19H21BN4O3/c1-12(25)15-10-13(11-17(22-15)27-2)20-7-5-14(6-8-20)24-16-4-3-9-21-18(16)23-19(24)26/h3-4,9-11,14H,5-8H2,1-2H3,(H,21,23,26). The lowest BCUT2D eigenvalue weighted by Crippen LogP contribution is -2.36. The number of nitrogens with zero attached hydrogens (tertiary/aromatic N) is 3. The average molecular weight is 364 g/mol. The number of pyridine rings is 2. The number of carbonyl (C=O) groups is 1. The number of methoxy groups -OCH3 is 1. The van der Waals surface area contributed by atoms with Gasteiger partial charge in [-0.2, -0.15) is 0 Å². The van der Waals surface area contributed by atoms with Crippen LogP contribution >= 0.6 is 0 Å². The van der Waals surface area contributed by atoms with Crippen LogP contribution in [0.2, 0.25) is 12.6 Å². The number of ketones is 1. The maximum absolute atomic E-state index is 12.4. The molecule has 4 heterocycles. The molecule has 3 aromatic rings. The number of imidazole rings is 1. The van der Waals surface area contributed by atoms with E-state index in [0.717, 1.165) is 36.5 Å². The van der Waals surface area contributed by atoms with Crippen LogP contribution in [0.4, 0.5) is 0 Å². The van der Waals surface area contributed by atoms with E-state index in [0.29, 0.717) is 23.9 Å². The first-order valence-electron chi connectivity index (χ1n) is 9.19. The molecular formula is C19H21BN4O3. The van der Waals surface area contributed by atoms with Gasteiger partial charge in [0.1, 0.15) is 5.69 Å². The van der Waals surface area contributed by atoms with Crippen molar-refractivity contribution in [3.63, 3.8) is 0 Å². The van der Waals surface area contributed by atoms with Gasteiger partial charge in [-0.1, -0.05) is 18.1 Å². The summed E-state index contributed by atoms with van der Waals surface area (Å²) in [5, 5.41) is 0. The Balaban J connectivity index is 1.57. The summed E-state index contributed by atoms with van der Waals surface area (Å²) in [5.74, 6) is 0.403. The van der Waals surface area contributed by atoms with Crippen molar-refractivity contribution in [2.24, 2.45) is 0 Å². The first kappa shape index (κ1) is 17.5. The minimum absolute atomic E-state index is 0.0679. The van der Waals surface area contributed by atoms with Gasteiger partial charge in [-0.3, -0.25) is 14.3 Å². The third-order valence-electron chi connectivity index (χ3n) is 5.42. The lowest BCUT2D eigenvalue weighted by Gasteiger charge is -2.28. The molecule has 0 saturated carbocycles. The van der Waals surface area contributed by atoms with Crippen LogP contribution in [0.25, 0.3) is 11.2 Å². The monoisotopic (exact) mass is 364 g/mol. The van der Waals surface area contributed by atoms with Crippen molar-refractivity contribution in [1.29, 1.82) is 0 Å². The molecule has 0 atom stereocenters. The molecule has 1 aliphatic rings. The van der Waals surface area contributed by atoms with E-state index in [-0.39, 0.29) is 17.5 Å². The fraction of sp³-hybridized carbons (Fsp3) is 0.368. The Morgan fingerprint density at radius 3 is 2.81 bits per heavy atom. The van der Waals surface area contributed by atoms with E-state index >= 15 is 0 Å². The van der Waals surface area contributed by atoms with Crippen LogP contribution in [0, 0.1) is 0 Å². The van der Waals surface area contributed by atoms with Crippen LogP contribution in [0.5, 0.6) is 5.88 Å². The lowest BCUT2D eigenvalue weighted by atomic mass is 9.37. The fourth-order valence-corrected chi connectivity index (χ4v) is 4.03. The number of carbonyl (C=O) groups excluding carboxylic acids is 1. The highest BCUT2D eigenvalue weighted by Gasteiger charge is 2.29. The third-order valence-corrected chi connectivity index (χ3v) is 5.42. The molecule has 1 aliphatic heterocycles. The van der Waals surface area contributed by atoms with E-state index in [1.54, 1.807) is 13.3 Å². The van der Waals surface area contributed by atoms with Gasteiger partial charge in [0.2, 0.25) is 5.88 Å². The molecule has 0 radical (unpaired) electrons. The summed E-state index contributed by atoms with van der Waals surface area (Å²) in [6.45, 7) is 1.84. The molecule has 8 heteroatoms. The minimum Gasteiger partial charge on any atom is -0.481 e. The van der Waals surface area contributed by atoms with Crippen molar-refractivity contribution in [1.82, 2.24) is 19.5 Å². The summed E-state index contributed by atoms with van der Waals surface area (Å²) in [6, 6.07) is 7.73. The molecule has 0 bridgehead atoms. The second-order valence-electron chi connectivity index (χ2n) is 7.06. The summed E-state index contributed by atoms with van der Waals surface area (Å²) in [7, 11) is 1.56. The molecule has 0 amide bonds. The van der Waals surface area contributed by atoms with Crippen molar-refractivity contribution in [3.8, 4) is 5.88 Å². The molecule has 0 spiro atoms. The first-order chi connectivity index (χ1) is 13.1. The second kappa shape index (κ2) is 7.02. The van der Waals surface area contributed by atoms with E-state index in [9.17, 15) is 9.59 Å². The van der Waals surface area contributed by atoms with Gasteiger partial charge < -0.3 is 4.74 Å². The number of H-pyrrole nitrogens is 1. The van der Waals surface area contributed by atoms with Crippen molar-refractivity contribution in [3.05, 3.63) is 46.6 Å². The Kier molecular flexibility index (Phi) is 4.55. The third kappa shape index (κ3) is 3.27. The van der Waals surface area contributed by atoms with Gasteiger partial charge in [0, 0.05) is 19.2 Å². The molecule has 0 aliphatic carbocycles. The highest BCUT2D eigenvalue weighted by atomic mass is 16.5. The number of hydrogen-bond acceptors (Lipinski definition) is 5. The molecule has 1 saturated heterocycles. The van der Waals surface area contributed by atoms with Crippen LogP contribution in [0.15, 0.2) is 35.3 Å². The Morgan fingerprint density at radius 2 is 2.11 bits per heavy atom. The van der Waals surface area contributed by atoms with E-state index in [1.807, 2.05) is 28.8 Å². The highest BCUT2D eigenvalue weighted by molar-refractivity contribution is 6.73. The minimum atomic E-state index is -0.100. The maximum Gasteiger partial charge on any atom is 0.327 e. The Labute approximate surface area is 156 Å². The van der Waals surface area contributed by atoms with Crippen molar-refractivity contribution >= 4 is 29.1 Å². The van der Waals surface area contributed by atoms with Gasteiger partial charge in [-0.05, 0) is 37.1 Å². The first-order valence-corrected chi connectivity index (χ1v) is 9.19. The zero-order valence-electron chi connectivity index (χ0n) is 15.4. The van der Waals surface area contributed by atoms with E-state index in [1.165, 1.54) is 6.92 Å². The maximum atomic E-state index is 12.4. The molecule has 27 heavy (non-hydrogen) atoms. The van der Waals surface area contributed by atoms with Crippen LogP contribution in [-0.2, 0) is 0 Å². The van der Waals surface area contributed by atoms with Gasteiger partial charge in [0.25, 0.3) is 0 Å². The number of aromatic amines is 1. The lowest BCUT2D eigenvalue weighted by molar-refractivity contribution is 0.101. The molecule has 3 aromatic heterocycles. The second-order valence-corrected chi connectivity index (χ2v) is 7.06. The topological polar surface area (TPSA) is 89.9 Å². The molecule has 138 valence electrons. The van der Waals surface area contributed by atoms with Crippen LogP contribution in [0.1, 0.15) is 36.3 Å². The van der Waals surface area contributed by atoms with Gasteiger partial charge in [-0.25, -0.2) is 14.8 Å². The Bertz CT molecular complexity index is 1050. The van der Waals surface area contributed by atoms with Crippen LogP contribution in [0.3, 0.4) is 0 Å². The van der Waals surface area contributed by atoms with Crippen molar-refractivity contribution < 1.29 is 9.53 Å². The number of aromatic nitrogens is 4.